The highest BCUT2D eigenvalue weighted by molar-refractivity contribution is 8.76. The van der Waals surface area contributed by atoms with Crippen LogP contribution in [-0.4, -0.2) is 36.5 Å². The fourth-order valence-electron chi connectivity index (χ4n) is 1.38. The number of amides is 1. The highest BCUT2D eigenvalue weighted by Crippen LogP contribution is 2.24. The summed E-state index contributed by atoms with van der Waals surface area (Å²) < 4.78 is 4.66. The third-order valence-electron chi connectivity index (χ3n) is 2.27. The lowest BCUT2D eigenvalue weighted by atomic mass is 10.2. The van der Waals surface area contributed by atoms with Gasteiger partial charge in [-0.2, -0.15) is 0 Å². The molecule has 6 heteroatoms. The van der Waals surface area contributed by atoms with Crippen molar-refractivity contribution in [3.05, 3.63) is 0 Å². The number of carbonyl (C=O) groups is 2. The van der Waals surface area contributed by atoms with Crippen molar-refractivity contribution in [1.29, 1.82) is 0 Å². The molecule has 4 nitrogen and oxygen atoms in total. The number of nitrogens with one attached hydrogen (secondary N) is 1. The maximum absolute atomic E-state index is 11.5. The van der Waals surface area contributed by atoms with Crippen LogP contribution in [0.2, 0.25) is 0 Å². The quantitative estimate of drug-likeness (QED) is 0.575. The summed E-state index contributed by atoms with van der Waals surface area (Å²) in [6.07, 6.45) is 3.60. The van der Waals surface area contributed by atoms with Gasteiger partial charge in [-0.1, -0.05) is 28.0 Å². The predicted molar refractivity (Wildman–Crippen MR) is 67.3 cm³/mol. The van der Waals surface area contributed by atoms with Gasteiger partial charge in [0, 0.05) is 17.9 Å². The monoisotopic (exact) mass is 263 g/mol. The number of hydrogen-bond donors (Lipinski definition) is 1. The molecule has 0 spiro atoms. The molecule has 0 bridgehead atoms. The molecule has 0 radical (unpaired) electrons. The maximum atomic E-state index is 11.5. The molecule has 0 unspecified atom stereocenters. The lowest BCUT2D eigenvalue weighted by molar-refractivity contribution is -0.144. The third kappa shape index (κ3) is 5.12. The van der Waals surface area contributed by atoms with Crippen molar-refractivity contribution in [3.63, 3.8) is 0 Å². The van der Waals surface area contributed by atoms with Crippen LogP contribution in [-0.2, 0) is 14.3 Å². The molecular weight excluding hydrogens is 246 g/mol. The van der Waals surface area contributed by atoms with Gasteiger partial charge in [0.05, 0.1) is 7.11 Å². The Hall–Kier alpha value is -0.360. The van der Waals surface area contributed by atoms with E-state index in [0.717, 1.165) is 25.0 Å². The van der Waals surface area contributed by atoms with Gasteiger partial charge in [-0.3, -0.25) is 4.79 Å². The van der Waals surface area contributed by atoms with E-state index in [2.05, 4.69) is 10.1 Å². The zero-order valence-corrected chi connectivity index (χ0v) is 11.0. The first kappa shape index (κ1) is 13.7. The highest BCUT2D eigenvalue weighted by atomic mass is 33.1. The van der Waals surface area contributed by atoms with E-state index in [1.807, 2.05) is 0 Å². The van der Waals surface area contributed by atoms with Crippen LogP contribution in [0.4, 0.5) is 0 Å². The van der Waals surface area contributed by atoms with Crippen LogP contribution in [0.5, 0.6) is 0 Å². The molecule has 1 heterocycles. The second kappa shape index (κ2) is 7.84. The van der Waals surface area contributed by atoms with Gasteiger partial charge in [0.15, 0.2) is 0 Å². The summed E-state index contributed by atoms with van der Waals surface area (Å²) in [5, 5.41) is 2.72. The van der Waals surface area contributed by atoms with Gasteiger partial charge < -0.3 is 10.1 Å². The molecule has 1 aliphatic heterocycles. The number of rotatable bonds is 1. The second-order valence-electron chi connectivity index (χ2n) is 3.56. The molecule has 0 aromatic rings. The van der Waals surface area contributed by atoms with Crippen LogP contribution in [0.25, 0.3) is 0 Å². The Labute approximate surface area is 104 Å². The molecule has 1 saturated heterocycles. The molecule has 1 rings (SSSR count). The zero-order valence-electron chi connectivity index (χ0n) is 9.36. The third-order valence-corrected chi connectivity index (χ3v) is 4.77. The molecule has 1 fully saturated rings. The normalized spacial score (nSPS) is 24.1. The second-order valence-corrected chi connectivity index (χ2v) is 6.19. The Bertz CT molecular complexity index is 248. The molecule has 0 saturated carbocycles. The van der Waals surface area contributed by atoms with Gasteiger partial charge in [0.25, 0.3) is 0 Å². The lowest BCUT2D eigenvalue weighted by Crippen LogP contribution is -2.43. The average molecular weight is 263 g/mol. The Morgan fingerprint density at radius 3 is 2.94 bits per heavy atom. The van der Waals surface area contributed by atoms with Crippen molar-refractivity contribution in [2.45, 2.75) is 31.7 Å². The Morgan fingerprint density at radius 2 is 2.19 bits per heavy atom. The molecule has 1 atom stereocenters. The molecule has 0 aliphatic carbocycles. The first-order valence-corrected chi connectivity index (χ1v) is 7.84. The van der Waals surface area contributed by atoms with Gasteiger partial charge in [-0.25, -0.2) is 4.79 Å². The zero-order chi connectivity index (χ0) is 11.8. The summed E-state index contributed by atoms with van der Waals surface area (Å²) >= 11 is 0. The van der Waals surface area contributed by atoms with Gasteiger partial charge in [0.2, 0.25) is 5.91 Å². The number of methoxy groups -OCH3 is 1. The van der Waals surface area contributed by atoms with Crippen molar-refractivity contribution in [3.8, 4) is 0 Å². The smallest absolute Gasteiger partial charge is 0.329 e. The van der Waals surface area contributed by atoms with E-state index in [0.29, 0.717) is 12.2 Å². The Kier molecular flexibility index (Phi) is 6.71. The first-order valence-electron chi connectivity index (χ1n) is 5.35. The summed E-state index contributed by atoms with van der Waals surface area (Å²) in [5.41, 5.74) is 0. The van der Waals surface area contributed by atoms with Crippen LogP contribution >= 0.6 is 21.6 Å². The molecule has 1 aliphatic rings. The molecule has 16 heavy (non-hydrogen) atoms. The number of hydrogen-bond acceptors (Lipinski definition) is 5. The maximum Gasteiger partial charge on any atom is 0.329 e. The first-order chi connectivity index (χ1) is 7.74. The fourth-order valence-corrected chi connectivity index (χ4v) is 3.67. The lowest BCUT2D eigenvalue weighted by Gasteiger charge is -2.15. The van der Waals surface area contributed by atoms with Crippen molar-refractivity contribution >= 4 is 33.5 Å². The van der Waals surface area contributed by atoms with Gasteiger partial charge in [-0.15, -0.1) is 0 Å². The summed E-state index contributed by atoms with van der Waals surface area (Å²) in [7, 11) is 4.71. The van der Waals surface area contributed by atoms with E-state index in [9.17, 15) is 9.59 Å². The van der Waals surface area contributed by atoms with Crippen molar-refractivity contribution < 1.29 is 14.3 Å². The SMILES string of the molecule is COC(=O)[C@@H]1CSSCCCCCC(=O)N1. The topological polar surface area (TPSA) is 55.4 Å². The highest BCUT2D eigenvalue weighted by Gasteiger charge is 2.21. The standard InChI is InChI=1S/C10H17NO3S2/c1-14-10(13)8-7-16-15-6-4-2-3-5-9(12)11-8/h8H,2-7H2,1H3,(H,11,12)/t8-/m0/s1. The van der Waals surface area contributed by atoms with Gasteiger partial charge >= 0.3 is 5.97 Å². The molecule has 1 amide bonds. The van der Waals surface area contributed by atoms with E-state index < -0.39 is 6.04 Å². The van der Waals surface area contributed by atoms with Crippen LogP contribution in [0.3, 0.4) is 0 Å². The van der Waals surface area contributed by atoms with Crippen molar-refractivity contribution in [2.75, 3.05) is 18.6 Å². The van der Waals surface area contributed by atoms with Crippen molar-refractivity contribution in [2.24, 2.45) is 0 Å². The van der Waals surface area contributed by atoms with Crippen LogP contribution < -0.4 is 5.32 Å². The Balaban J connectivity index is 2.51. The molecule has 1 N–H and O–H groups in total. The minimum absolute atomic E-state index is 0.0529. The largest absolute Gasteiger partial charge is 0.467 e. The van der Waals surface area contributed by atoms with E-state index in [1.54, 1.807) is 21.6 Å². The fraction of sp³-hybridized carbons (Fsp3) is 0.800. The van der Waals surface area contributed by atoms with E-state index in [-0.39, 0.29) is 11.9 Å². The van der Waals surface area contributed by atoms with Crippen molar-refractivity contribution in [1.82, 2.24) is 5.32 Å². The molecular formula is C10H17NO3S2. The van der Waals surface area contributed by atoms with Gasteiger partial charge in [-0.05, 0) is 12.8 Å². The van der Waals surface area contributed by atoms with Gasteiger partial charge in [0.1, 0.15) is 6.04 Å². The number of carbonyl (C=O) groups excluding carboxylic acids is 2. The molecule has 0 aromatic heterocycles. The average Bonchev–Trinajstić information content (AvgIpc) is 2.33. The molecule has 92 valence electrons. The summed E-state index contributed by atoms with van der Waals surface area (Å²) in [6, 6.07) is -0.506. The number of ether oxygens (including phenoxy) is 1. The number of esters is 1. The summed E-state index contributed by atoms with van der Waals surface area (Å²) in [6.45, 7) is 0. The van der Waals surface area contributed by atoms with E-state index in [4.69, 9.17) is 0 Å². The van der Waals surface area contributed by atoms with E-state index in [1.165, 1.54) is 7.11 Å². The van der Waals surface area contributed by atoms with E-state index >= 15 is 0 Å². The van der Waals surface area contributed by atoms with Crippen LogP contribution in [0.15, 0.2) is 0 Å². The van der Waals surface area contributed by atoms with Crippen LogP contribution in [0.1, 0.15) is 25.7 Å². The Morgan fingerprint density at radius 1 is 1.38 bits per heavy atom. The minimum Gasteiger partial charge on any atom is -0.467 e. The summed E-state index contributed by atoms with van der Waals surface area (Å²) in [4.78, 5) is 22.9. The summed E-state index contributed by atoms with van der Waals surface area (Å²) in [5.74, 6) is 1.24. The minimum atomic E-state index is -0.506. The molecule has 0 aromatic carbocycles. The van der Waals surface area contributed by atoms with Crippen LogP contribution in [0, 0.1) is 0 Å². The predicted octanol–water partition coefficient (Wildman–Crippen LogP) is 1.60.